The summed E-state index contributed by atoms with van der Waals surface area (Å²) in [6.45, 7) is 21.3. The molecule has 0 nitrogen and oxygen atoms in total. The van der Waals surface area contributed by atoms with Gasteiger partial charge >= 0.3 is 330 Å². The van der Waals surface area contributed by atoms with Crippen LogP contribution in [0.5, 0.6) is 0 Å². The van der Waals surface area contributed by atoms with E-state index in [0.717, 1.165) is 29.6 Å². The van der Waals surface area contributed by atoms with Crippen molar-refractivity contribution in [2.75, 3.05) is 0 Å². The average Bonchev–Trinajstić information content (AvgIpc) is 3.63. The standard InChI is InChI=1S/C21H25.C16H21.C15H14.2ClH.Zr/c1-20(2,3)16-9-7-14-11-15-8-10-17(21(4,5)6)13-19(15)18(14)12-16;1-10-2-3-13(4-10)16-14-6-11-5-12(8-14)9-15(16)7-11;1-12-3-7-14(8-4-12)11-15-9-5-13(2)6-10-15;;;/h7-13H,1-6H3;3-4,10-12,14-16H,5-9H2,1H3;3-10H,1-2H3;2*1H;/q;;;;;+2/p-2. The van der Waals surface area contributed by atoms with Crippen LogP contribution in [-0.4, -0.2) is 3.21 Å². The molecular weight excluding hydrogens is 787 g/mol. The average molecular weight is 847 g/mol. The number of fused-ring (bicyclic) bond motifs is 3. The van der Waals surface area contributed by atoms with Crippen molar-refractivity contribution in [1.82, 2.24) is 0 Å². The van der Waals surface area contributed by atoms with E-state index in [2.05, 4.69) is 159 Å². The molecule has 0 saturated heterocycles. The van der Waals surface area contributed by atoms with Crippen LogP contribution >= 0.6 is 0 Å². The molecule has 0 spiro atoms. The van der Waals surface area contributed by atoms with Crippen LogP contribution in [0.2, 0.25) is 0 Å². The largest absolute Gasteiger partial charge is 1.00 e. The SMILES string of the molecule is Cc1ccc([C](c2ccc(C)cc2)=[Zr+2]([C]2=CC(C3C4CC5CC(C4)CC3C5)=CC2C)[CH]2c3ccc(C(C)(C)C)cc3-c3cc(C(C)(C)C)ccc32)cc1.[Cl-].[Cl-]. The second-order valence-electron chi connectivity index (χ2n) is 20.1. The quantitative estimate of drug-likeness (QED) is 0.197. The Balaban J connectivity index is 0.00000233. The van der Waals surface area contributed by atoms with E-state index in [1.807, 2.05) is 3.28 Å². The molecule has 55 heavy (non-hydrogen) atoms. The van der Waals surface area contributed by atoms with E-state index in [9.17, 15) is 0 Å². The molecular formula is C52H60Cl2Zr. The number of hydrogen-bond acceptors (Lipinski definition) is 0. The third-order valence-corrected chi connectivity index (χ3v) is 22.9. The van der Waals surface area contributed by atoms with Crippen molar-refractivity contribution in [3.8, 4) is 11.1 Å². The van der Waals surface area contributed by atoms with Crippen LogP contribution in [0.4, 0.5) is 0 Å². The van der Waals surface area contributed by atoms with Crippen LogP contribution in [0, 0.1) is 49.4 Å². The van der Waals surface area contributed by atoms with Crippen LogP contribution in [0.15, 0.2) is 106 Å². The molecule has 10 rings (SSSR count). The predicted octanol–water partition coefficient (Wildman–Crippen LogP) is 7.40. The molecule has 6 aliphatic carbocycles. The molecule has 0 heterocycles. The van der Waals surface area contributed by atoms with Crippen molar-refractivity contribution >= 4 is 3.21 Å². The summed E-state index contributed by atoms with van der Waals surface area (Å²) in [5.74, 6) is 5.09. The molecule has 6 aliphatic rings. The summed E-state index contributed by atoms with van der Waals surface area (Å²) >= 11 is -2.90. The summed E-state index contributed by atoms with van der Waals surface area (Å²) in [5, 5.41) is 0. The van der Waals surface area contributed by atoms with Crippen molar-refractivity contribution in [2.45, 2.75) is 109 Å². The van der Waals surface area contributed by atoms with Gasteiger partial charge in [0.2, 0.25) is 0 Å². The van der Waals surface area contributed by atoms with E-state index in [1.54, 1.807) is 19.9 Å². The molecule has 286 valence electrons. The summed E-state index contributed by atoms with van der Waals surface area (Å²) in [4.78, 5) is 0. The van der Waals surface area contributed by atoms with Crippen molar-refractivity contribution < 1.29 is 46.1 Å². The Labute approximate surface area is 352 Å². The van der Waals surface area contributed by atoms with Gasteiger partial charge in [0.15, 0.2) is 0 Å². The van der Waals surface area contributed by atoms with Gasteiger partial charge in [-0.1, -0.05) is 0 Å². The zero-order valence-electron chi connectivity index (χ0n) is 34.6. The van der Waals surface area contributed by atoms with E-state index in [0.29, 0.717) is 9.54 Å². The van der Waals surface area contributed by atoms with Gasteiger partial charge in [-0.3, -0.25) is 0 Å². The summed E-state index contributed by atoms with van der Waals surface area (Å²) in [5.41, 5.74) is 16.5. The Morgan fingerprint density at radius 1 is 0.582 bits per heavy atom. The summed E-state index contributed by atoms with van der Waals surface area (Å²) in [6, 6.07) is 34.5. The van der Waals surface area contributed by atoms with Gasteiger partial charge in [-0.05, 0) is 0 Å². The molecule has 4 bridgehead atoms. The molecule has 4 aromatic rings. The third-order valence-electron chi connectivity index (χ3n) is 14.2. The van der Waals surface area contributed by atoms with Crippen LogP contribution in [0.25, 0.3) is 11.1 Å². The Morgan fingerprint density at radius 2 is 1.02 bits per heavy atom. The molecule has 3 heteroatoms. The molecule has 4 aromatic carbocycles. The minimum Gasteiger partial charge on any atom is -1.00 e. The monoisotopic (exact) mass is 844 g/mol. The summed E-state index contributed by atoms with van der Waals surface area (Å²) < 4.78 is 3.91. The molecule has 1 unspecified atom stereocenters. The number of aryl methyl sites for hydroxylation is 2. The van der Waals surface area contributed by atoms with Gasteiger partial charge in [0.05, 0.1) is 0 Å². The van der Waals surface area contributed by atoms with Crippen molar-refractivity contribution in [2.24, 2.45) is 35.5 Å². The fourth-order valence-corrected chi connectivity index (χ4v) is 21.2. The molecule has 4 saturated carbocycles. The molecule has 1 atom stereocenters. The maximum atomic E-state index is 2.86. The van der Waals surface area contributed by atoms with Gasteiger partial charge in [-0.25, -0.2) is 0 Å². The topological polar surface area (TPSA) is 0 Å². The summed E-state index contributed by atoms with van der Waals surface area (Å²) in [6.07, 6.45) is 13.1. The first-order valence-electron chi connectivity index (χ1n) is 20.8. The first-order valence-corrected chi connectivity index (χ1v) is 24.7. The fourth-order valence-electron chi connectivity index (χ4n) is 11.6. The third kappa shape index (κ3) is 7.36. The van der Waals surface area contributed by atoms with Gasteiger partial charge in [0, 0.05) is 0 Å². The van der Waals surface area contributed by atoms with Crippen LogP contribution in [0.3, 0.4) is 0 Å². The first-order chi connectivity index (χ1) is 25.2. The van der Waals surface area contributed by atoms with E-state index < -0.39 is 21.3 Å². The Bertz CT molecular complexity index is 2050. The number of benzene rings is 4. The zero-order chi connectivity index (χ0) is 37.0. The van der Waals surface area contributed by atoms with Crippen molar-refractivity contribution in [3.05, 3.63) is 150 Å². The van der Waals surface area contributed by atoms with E-state index >= 15 is 0 Å². The fraction of sp³-hybridized carbons (Fsp3) is 0.442. The van der Waals surface area contributed by atoms with Gasteiger partial charge in [0.1, 0.15) is 0 Å². The molecule has 0 amide bonds. The normalized spacial score (nSPS) is 24.9. The van der Waals surface area contributed by atoms with Crippen LogP contribution < -0.4 is 24.8 Å². The van der Waals surface area contributed by atoms with Gasteiger partial charge < -0.3 is 24.8 Å². The van der Waals surface area contributed by atoms with Crippen molar-refractivity contribution in [3.63, 3.8) is 0 Å². The molecule has 0 aliphatic heterocycles. The number of allylic oxidation sites excluding steroid dienone is 4. The van der Waals surface area contributed by atoms with E-state index in [4.69, 9.17) is 0 Å². The van der Waals surface area contributed by atoms with Gasteiger partial charge in [-0.2, -0.15) is 0 Å². The minimum absolute atomic E-state index is 0. The number of rotatable bonds is 5. The number of hydrogen-bond donors (Lipinski definition) is 0. The molecule has 4 fully saturated rings. The van der Waals surface area contributed by atoms with E-state index in [-0.39, 0.29) is 35.6 Å². The predicted molar refractivity (Wildman–Crippen MR) is 223 cm³/mol. The smallest absolute Gasteiger partial charge is 1.00 e. The Morgan fingerprint density at radius 3 is 1.44 bits per heavy atom. The maximum absolute atomic E-state index is 2.90. The van der Waals surface area contributed by atoms with Gasteiger partial charge in [0.25, 0.3) is 0 Å². The summed E-state index contributed by atoms with van der Waals surface area (Å²) in [7, 11) is 0. The molecule has 0 radical (unpaired) electrons. The second-order valence-corrected chi connectivity index (χ2v) is 26.2. The first kappa shape index (κ1) is 40.9. The minimum atomic E-state index is -2.90. The zero-order valence-corrected chi connectivity index (χ0v) is 38.5. The van der Waals surface area contributed by atoms with Crippen LogP contribution in [0.1, 0.15) is 129 Å². The second kappa shape index (κ2) is 15.1. The van der Waals surface area contributed by atoms with Gasteiger partial charge in [-0.15, -0.1) is 0 Å². The van der Waals surface area contributed by atoms with E-state index in [1.165, 1.54) is 76.6 Å². The maximum Gasteiger partial charge on any atom is -1.00 e. The van der Waals surface area contributed by atoms with Crippen LogP contribution in [-0.2, 0) is 32.1 Å². The van der Waals surface area contributed by atoms with Crippen molar-refractivity contribution in [1.29, 1.82) is 0 Å². The Kier molecular flexibility index (Phi) is 11.2. The number of halogens is 2. The molecule has 0 aromatic heterocycles. The molecule has 0 N–H and O–H groups in total. The Hall–Kier alpha value is -2.31.